The summed E-state index contributed by atoms with van der Waals surface area (Å²) in [5.41, 5.74) is 1.54. The lowest BCUT2D eigenvalue weighted by Crippen LogP contribution is -2.24. The number of halogens is 1. The molecule has 2 N–H and O–H groups in total. The quantitative estimate of drug-likeness (QED) is 0.784. The van der Waals surface area contributed by atoms with Crippen molar-refractivity contribution in [1.29, 1.82) is 0 Å². The van der Waals surface area contributed by atoms with Crippen LogP contribution in [0.5, 0.6) is 0 Å². The molecule has 0 saturated carbocycles. The fourth-order valence-electron chi connectivity index (χ4n) is 1.23. The minimum absolute atomic E-state index is 0.0672. The highest BCUT2D eigenvalue weighted by atomic mass is 35.5. The number of carbonyl (C=O) groups is 2. The van der Waals surface area contributed by atoms with Crippen LogP contribution in [0.3, 0.4) is 0 Å². The summed E-state index contributed by atoms with van der Waals surface area (Å²) in [5, 5.41) is 5.33. The third-order valence-corrected chi connectivity index (χ3v) is 2.17. The summed E-state index contributed by atoms with van der Waals surface area (Å²) in [6, 6.07) is 7.27. The number of rotatable bonds is 4. The molecule has 0 aliphatic heterocycles. The molecule has 0 radical (unpaired) electrons. The highest BCUT2D eigenvalue weighted by Crippen LogP contribution is 2.14. The van der Waals surface area contributed by atoms with Gasteiger partial charge in [0.2, 0.25) is 11.8 Å². The highest BCUT2D eigenvalue weighted by molar-refractivity contribution is 6.27. The fraction of sp³-hybridized carbons (Fsp3) is 0.273. The second kappa shape index (κ2) is 6.12. The van der Waals surface area contributed by atoms with Crippen molar-refractivity contribution >= 4 is 29.1 Å². The van der Waals surface area contributed by atoms with E-state index in [1.807, 2.05) is 18.2 Å². The summed E-state index contributed by atoms with van der Waals surface area (Å²) >= 11 is 5.36. The Balaban J connectivity index is 2.70. The SMILES string of the molecule is CC(=O)Nc1ccccc1CNC(=O)CCl. The van der Waals surface area contributed by atoms with Crippen molar-refractivity contribution in [1.82, 2.24) is 5.32 Å². The largest absolute Gasteiger partial charge is 0.351 e. The van der Waals surface area contributed by atoms with Crippen molar-refractivity contribution in [3.8, 4) is 0 Å². The fourth-order valence-corrected chi connectivity index (χ4v) is 1.32. The van der Waals surface area contributed by atoms with Gasteiger partial charge in [-0.2, -0.15) is 0 Å². The lowest BCUT2D eigenvalue weighted by molar-refractivity contribution is -0.118. The Morgan fingerprint density at radius 2 is 2.00 bits per heavy atom. The standard InChI is InChI=1S/C11H13ClN2O2/c1-8(15)14-10-5-3-2-4-9(10)7-13-11(16)6-12/h2-5H,6-7H2,1H3,(H,13,16)(H,14,15). The Morgan fingerprint density at radius 3 is 2.62 bits per heavy atom. The molecule has 0 saturated heterocycles. The zero-order valence-corrected chi connectivity index (χ0v) is 9.67. The van der Waals surface area contributed by atoms with Gasteiger partial charge in [0.1, 0.15) is 5.88 Å². The lowest BCUT2D eigenvalue weighted by atomic mass is 10.1. The summed E-state index contributed by atoms with van der Waals surface area (Å²) < 4.78 is 0. The number of benzene rings is 1. The van der Waals surface area contributed by atoms with E-state index < -0.39 is 0 Å². The lowest BCUT2D eigenvalue weighted by Gasteiger charge is -2.10. The predicted octanol–water partition coefficient (Wildman–Crippen LogP) is 1.50. The Morgan fingerprint density at radius 1 is 1.31 bits per heavy atom. The van der Waals surface area contributed by atoms with Crippen LogP contribution in [0.4, 0.5) is 5.69 Å². The molecule has 86 valence electrons. The van der Waals surface area contributed by atoms with Crippen molar-refractivity contribution < 1.29 is 9.59 Å². The van der Waals surface area contributed by atoms with Crippen LogP contribution in [-0.4, -0.2) is 17.7 Å². The number of para-hydroxylation sites is 1. The van der Waals surface area contributed by atoms with Gasteiger partial charge in [0, 0.05) is 19.2 Å². The number of carbonyl (C=O) groups excluding carboxylic acids is 2. The van der Waals surface area contributed by atoms with Gasteiger partial charge in [0.05, 0.1) is 0 Å². The predicted molar refractivity (Wildman–Crippen MR) is 63.3 cm³/mol. The second-order valence-electron chi connectivity index (χ2n) is 3.25. The first kappa shape index (κ1) is 12.5. The summed E-state index contributed by atoms with van der Waals surface area (Å²) in [4.78, 5) is 21.9. The van der Waals surface area contributed by atoms with Crippen LogP contribution in [0.2, 0.25) is 0 Å². The number of amides is 2. The molecule has 0 aliphatic rings. The number of nitrogens with one attached hydrogen (secondary N) is 2. The van der Waals surface area contributed by atoms with Gasteiger partial charge in [-0.15, -0.1) is 11.6 Å². The molecular weight excluding hydrogens is 228 g/mol. The number of alkyl halides is 1. The van der Waals surface area contributed by atoms with E-state index in [-0.39, 0.29) is 17.7 Å². The van der Waals surface area contributed by atoms with Crippen LogP contribution in [0.15, 0.2) is 24.3 Å². The third-order valence-electron chi connectivity index (χ3n) is 1.93. The zero-order valence-electron chi connectivity index (χ0n) is 8.92. The number of hydrogen-bond acceptors (Lipinski definition) is 2. The van der Waals surface area contributed by atoms with E-state index in [0.717, 1.165) is 5.56 Å². The maximum Gasteiger partial charge on any atom is 0.235 e. The Bertz CT molecular complexity index is 393. The van der Waals surface area contributed by atoms with Crippen molar-refractivity contribution in [2.24, 2.45) is 0 Å². The molecule has 0 bridgehead atoms. The summed E-state index contributed by atoms with van der Waals surface area (Å²) in [6.45, 7) is 1.79. The molecule has 1 aromatic carbocycles. The van der Waals surface area contributed by atoms with Crippen molar-refractivity contribution in [2.75, 3.05) is 11.2 Å². The molecule has 1 aromatic rings. The molecule has 0 aliphatic carbocycles. The first-order valence-electron chi connectivity index (χ1n) is 4.81. The Hall–Kier alpha value is -1.55. The van der Waals surface area contributed by atoms with Gasteiger partial charge in [-0.05, 0) is 11.6 Å². The Labute approximate surface area is 99.0 Å². The average Bonchev–Trinajstić information content (AvgIpc) is 2.26. The Kier molecular flexibility index (Phi) is 4.79. The average molecular weight is 241 g/mol. The van der Waals surface area contributed by atoms with Crippen LogP contribution in [-0.2, 0) is 16.1 Å². The number of hydrogen-bond donors (Lipinski definition) is 2. The highest BCUT2D eigenvalue weighted by Gasteiger charge is 2.04. The first-order chi connectivity index (χ1) is 7.63. The summed E-state index contributed by atoms with van der Waals surface area (Å²) in [7, 11) is 0. The van der Waals surface area contributed by atoms with E-state index in [1.165, 1.54) is 6.92 Å². The van der Waals surface area contributed by atoms with E-state index >= 15 is 0 Å². The van der Waals surface area contributed by atoms with E-state index in [2.05, 4.69) is 10.6 Å². The van der Waals surface area contributed by atoms with Crippen LogP contribution < -0.4 is 10.6 Å². The molecule has 16 heavy (non-hydrogen) atoms. The number of anilines is 1. The van der Waals surface area contributed by atoms with Gasteiger partial charge in [-0.1, -0.05) is 18.2 Å². The van der Waals surface area contributed by atoms with Gasteiger partial charge in [-0.3, -0.25) is 9.59 Å². The van der Waals surface area contributed by atoms with Crippen LogP contribution in [0.25, 0.3) is 0 Å². The van der Waals surface area contributed by atoms with E-state index in [1.54, 1.807) is 6.07 Å². The van der Waals surface area contributed by atoms with Crippen LogP contribution in [0, 0.1) is 0 Å². The van der Waals surface area contributed by atoms with Crippen molar-refractivity contribution in [2.45, 2.75) is 13.5 Å². The minimum atomic E-state index is -0.237. The normalized spacial score (nSPS) is 9.62. The molecule has 1 rings (SSSR count). The molecule has 0 atom stereocenters. The van der Waals surface area contributed by atoms with Gasteiger partial charge >= 0.3 is 0 Å². The topological polar surface area (TPSA) is 58.2 Å². The maximum atomic E-state index is 11.0. The van der Waals surface area contributed by atoms with Gasteiger partial charge in [0.15, 0.2) is 0 Å². The monoisotopic (exact) mass is 240 g/mol. The van der Waals surface area contributed by atoms with Gasteiger partial charge < -0.3 is 10.6 Å². The maximum absolute atomic E-state index is 11.0. The molecule has 4 nitrogen and oxygen atoms in total. The molecule has 0 unspecified atom stereocenters. The van der Waals surface area contributed by atoms with Crippen molar-refractivity contribution in [3.05, 3.63) is 29.8 Å². The van der Waals surface area contributed by atoms with Crippen LogP contribution in [0.1, 0.15) is 12.5 Å². The van der Waals surface area contributed by atoms with Gasteiger partial charge in [-0.25, -0.2) is 0 Å². The smallest absolute Gasteiger partial charge is 0.235 e. The molecule has 0 aromatic heterocycles. The second-order valence-corrected chi connectivity index (χ2v) is 3.52. The molecular formula is C11H13ClN2O2. The van der Waals surface area contributed by atoms with E-state index in [4.69, 9.17) is 11.6 Å². The minimum Gasteiger partial charge on any atom is -0.351 e. The zero-order chi connectivity index (χ0) is 12.0. The molecule has 5 heteroatoms. The molecule has 0 spiro atoms. The molecule has 0 heterocycles. The van der Waals surface area contributed by atoms with Gasteiger partial charge in [0.25, 0.3) is 0 Å². The van der Waals surface area contributed by atoms with Crippen molar-refractivity contribution in [3.63, 3.8) is 0 Å². The summed E-state index contributed by atoms with van der Waals surface area (Å²) in [5.74, 6) is -0.446. The molecule has 0 fully saturated rings. The van der Waals surface area contributed by atoms with E-state index in [0.29, 0.717) is 12.2 Å². The van der Waals surface area contributed by atoms with Crippen LogP contribution >= 0.6 is 11.6 Å². The third kappa shape index (κ3) is 3.90. The summed E-state index contributed by atoms with van der Waals surface area (Å²) in [6.07, 6.45) is 0. The molecule has 2 amide bonds. The van der Waals surface area contributed by atoms with E-state index in [9.17, 15) is 9.59 Å². The first-order valence-corrected chi connectivity index (χ1v) is 5.35.